The van der Waals surface area contributed by atoms with Crippen molar-refractivity contribution >= 4 is 27.3 Å². The molecule has 0 bridgehead atoms. The molecule has 0 atom stereocenters. The summed E-state index contributed by atoms with van der Waals surface area (Å²) in [4.78, 5) is 16.8. The van der Waals surface area contributed by atoms with Crippen LogP contribution in [0.4, 0.5) is 0 Å². The van der Waals surface area contributed by atoms with E-state index in [-0.39, 0.29) is 30.2 Å². The molecule has 3 rings (SSSR count). The fourth-order valence-electron chi connectivity index (χ4n) is 2.56. The van der Waals surface area contributed by atoms with Crippen LogP contribution in [0.5, 0.6) is 0 Å². The van der Waals surface area contributed by atoms with Gasteiger partial charge >= 0.3 is 5.97 Å². The van der Waals surface area contributed by atoms with Gasteiger partial charge in [0.1, 0.15) is 11.6 Å². The Morgan fingerprint density at radius 2 is 1.80 bits per heavy atom. The number of benzene rings is 2. The average Bonchev–Trinajstić information content (AvgIpc) is 3.22. The summed E-state index contributed by atoms with van der Waals surface area (Å²) in [5.74, 6) is -0.545. The van der Waals surface area contributed by atoms with Gasteiger partial charge < -0.3 is 9.47 Å². The lowest BCUT2D eigenvalue weighted by molar-refractivity contribution is 0.0468. The third-order valence-electron chi connectivity index (χ3n) is 4.20. The predicted octanol–water partition coefficient (Wildman–Crippen LogP) is 3.40. The molecular formula is C21H22N2O5S2. The zero-order valence-corrected chi connectivity index (χ0v) is 18.3. The summed E-state index contributed by atoms with van der Waals surface area (Å²) < 4.78 is 36.8. The molecule has 0 unspecified atom stereocenters. The number of carbonyl (C=O) groups excluding carboxylic acids is 1. The number of carbonyl (C=O) groups is 1. The van der Waals surface area contributed by atoms with Gasteiger partial charge in [0.2, 0.25) is 10.0 Å². The van der Waals surface area contributed by atoms with Gasteiger partial charge in [0.25, 0.3) is 0 Å². The standard InChI is InChI=1S/C21H22N2O5S2/c1-15-3-5-16(6-4-15)20-23-18(14-29-20)13-28-21(24)17-7-9-19(10-8-17)30(25,26)22-11-12-27-2/h3-10,14,22H,11-13H2,1-2H3. The third kappa shape index (κ3) is 5.73. The van der Waals surface area contributed by atoms with Crippen LogP contribution >= 0.6 is 11.3 Å². The molecule has 1 N–H and O–H groups in total. The number of ether oxygens (including phenoxy) is 2. The van der Waals surface area contributed by atoms with Crippen LogP contribution in [0.25, 0.3) is 10.6 Å². The van der Waals surface area contributed by atoms with Crippen LogP contribution < -0.4 is 4.72 Å². The first-order valence-electron chi connectivity index (χ1n) is 9.16. The number of hydrogen-bond donors (Lipinski definition) is 1. The molecule has 0 aliphatic heterocycles. The van der Waals surface area contributed by atoms with Crippen LogP contribution in [0, 0.1) is 6.92 Å². The molecule has 0 aliphatic carbocycles. The molecule has 9 heteroatoms. The molecule has 2 aromatic carbocycles. The molecular weight excluding hydrogens is 424 g/mol. The Labute approximate surface area is 179 Å². The van der Waals surface area contributed by atoms with E-state index in [1.807, 2.05) is 36.6 Å². The highest BCUT2D eigenvalue weighted by atomic mass is 32.2. The molecule has 0 radical (unpaired) electrons. The number of aryl methyl sites for hydroxylation is 1. The third-order valence-corrected chi connectivity index (χ3v) is 6.62. The predicted molar refractivity (Wildman–Crippen MR) is 115 cm³/mol. The summed E-state index contributed by atoms with van der Waals surface area (Å²) in [6.07, 6.45) is 0. The average molecular weight is 447 g/mol. The molecule has 0 aliphatic rings. The molecule has 158 valence electrons. The summed E-state index contributed by atoms with van der Waals surface area (Å²) in [6, 6.07) is 13.6. The number of nitrogens with zero attached hydrogens (tertiary/aromatic N) is 1. The quantitative estimate of drug-likeness (QED) is 0.400. The number of sulfonamides is 1. The van der Waals surface area contributed by atoms with Gasteiger partial charge in [0.15, 0.2) is 0 Å². The highest BCUT2D eigenvalue weighted by molar-refractivity contribution is 7.89. The van der Waals surface area contributed by atoms with Crippen LogP contribution in [0.1, 0.15) is 21.6 Å². The van der Waals surface area contributed by atoms with E-state index in [9.17, 15) is 13.2 Å². The largest absolute Gasteiger partial charge is 0.456 e. The molecule has 0 amide bonds. The highest BCUT2D eigenvalue weighted by Gasteiger charge is 2.15. The van der Waals surface area contributed by atoms with Gasteiger partial charge in [0, 0.05) is 24.6 Å². The van der Waals surface area contributed by atoms with Gasteiger partial charge in [0.05, 0.1) is 22.8 Å². The SMILES string of the molecule is COCCNS(=O)(=O)c1ccc(C(=O)OCc2csc(-c3ccc(C)cc3)n2)cc1. The van der Waals surface area contributed by atoms with E-state index in [4.69, 9.17) is 9.47 Å². The van der Waals surface area contributed by atoms with E-state index < -0.39 is 16.0 Å². The van der Waals surface area contributed by atoms with Crippen LogP contribution in [-0.2, 0) is 26.1 Å². The molecule has 0 fully saturated rings. The zero-order chi connectivity index (χ0) is 21.6. The molecule has 0 saturated carbocycles. The lowest BCUT2D eigenvalue weighted by Gasteiger charge is -2.07. The van der Waals surface area contributed by atoms with Crippen molar-refractivity contribution in [1.29, 1.82) is 0 Å². The van der Waals surface area contributed by atoms with E-state index in [0.29, 0.717) is 5.69 Å². The van der Waals surface area contributed by atoms with Gasteiger partial charge in [-0.05, 0) is 31.2 Å². The van der Waals surface area contributed by atoms with Crippen molar-refractivity contribution < 1.29 is 22.7 Å². The van der Waals surface area contributed by atoms with Crippen LogP contribution in [0.15, 0.2) is 58.8 Å². The Hall–Kier alpha value is -2.59. The number of aromatic nitrogens is 1. The van der Waals surface area contributed by atoms with E-state index in [0.717, 1.165) is 10.6 Å². The van der Waals surface area contributed by atoms with Crippen molar-refractivity contribution in [3.63, 3.8) is 0 Å². The Bertz CT molecular complexity index is 1090. The number of hydrogen-bond acceptors (Lipinski definition) is 7. The minimum absolute atomic E-state index is 0.0415. The maximum Gasteiger partial charge on any atom is 0.338 e. The highest BCUT2D eigenvalue weighted by Crippen LogP contribution is 2.24. The molecule has 1 aromatic heterocycles. The molecule has 0 spiro atoms. The Morgan fingerprint density at radius 3 is 2.47 bits per heavy atom. The molecule has 3 aromatic rings. The van der Waals surface area contributed by atoms with Crippen LogP contribution in [0.2, 0.25) is 0 Å². The van der Waals surface area contributed by atoms with Gasteiger partial charge in [-0.2, -0.15) is 0 Å². The van der Waals surface area contributed by atoms with E-state index >= 15 is 0 Å². The first-order valence-corrected chi connectivity index (χ1v) is 11.5. The summed E-state index contributed by atoms with van der Waals surface area (Å²) >= 11 is 1.48. The van der Waals surface area contributed by atoms with Crippen LogP contribution in [-0.4, -0.2) is 39.6 Å². The molecule has 30 heavy (non-hydrogen) atoms. The lowest BCUT2D eigenvalue weighted by atomic mass is 10.2. The number of nitrogens with one attached hydrogen (secondary N) is 1. The number of methoxy groups -OCH3 is 1. The number of esters is 1. The Balaban J connectivity index is 1.58. The normalized spacial score (nSPS) is 11.4. The van der Waals surface area contributed by atoms with Gasteiger partial charge in [-0.1, -0.05) is 29.8 Å². The second-order valence-electron chi connectivity index (χ2n) is 6.50. The monoisotopic (exact) mass is 446 g/mol. The van der Waals surface area contributed by atoms with Crippen molar-refractivity contribution in [3.8, 4) is 10.6 Å². The summed E-state index contributed by atoms with van der Waals surface area (Å²) in [6.45, 7) is 2.50. The minimum Gasteiger partial charge on any atom is -0.456 e. The topological polar surface area (TPSA) is 94.6 Å². The van der Waals surface area contributed by atoms with Gasteiger partial charge in [-0.15, -0.1) is 11.3 Å². The second-order valence-corrected chi connectivity index (χ2v) is 9.13. The molecule has 0 saturated heterocycles. The first kappa shape index (κ1) is 22.1. The fraction of sp³-hybridized carbons (Fsp3) is 0.238. The smallest absolute Gasteiger partial charge is 0.338 e. The Morgan fingerprint density at radius 1 is 1.10 bits per heavy atom. The minimum atomic E-state index is -3.65. The number of thiazole rings is 1. The summed E-state index contributed by atoms with van der Waals surface area (Å²) in [5, 5.41) is 2.71. The summed E-state index contributed by atoms with van der Waals surface area (Å²) in [5.41, 5.74) is 3.11. The van der Waals surface area contributed by atoms with E-state index in [2.05, 4.69) is 9.71 Å². The van der Waals surface area contributed by atoms with Crippen molar-refractivity contribution in [1.82, 2.24) is 9.71 Å². The van der Waals surface area contributed by atoms with Crippen molar-refractivity contribution in [3.05, 3.63) is 70.7 Å². The maximum absolute atomic E-state index is 12.3. The van der Waals surface area contributed by atoms with Crippen molar-refractivity contribution in [2.75, 3.05) is 20.3 Å². The van der Waals surface area contributed by atoms with Crippen LogP contribution in [0.3, 0.4) is 0 Å². The second kappa shape index (κ2) is 9.94. The molecule has 7 nitrogen and oxygen atoms in total. The maximum atomic E-state index is 12.3. The van der Waals surface area contributed by atoms with Crippen molar-refractivity contribution in [2.24, 2.45) is 0 Å². The lowest BCUT2D eigenvalue weighted by Crippen LogP contribution is -2.27. The molecule has 1 heterocycles. The van der Waals surface area contributed by atoms with Crippen molar-refractivity contribution in [2.45, 2.75) is 18.4 Å². The van der Waals surface area contributed by atoms with E-state index in [1.165, 1.54) is 48.3 Å². The number of rotatable bonds is 9. The fourth-order valence-corrected chi connectivity index (χ4v) is 4.38. The van der Waals surface area contributed by atoms with Gasteiger partial charge in [-0.25, -0.2) is 22.9 Å². The van der Waals surface area contributed by atoms with Gasteiger partial charge in [-0.3, -0.25) is 0 Å². The summed E-state index contributed by atoms with van der Waals surface area (Å²) in [7, 11) is -2.16. The van der Waals surface area contributed by atoms with E-state index in [1.54, 1.807) is 0 Å². The zero-order valence-electron chi connectivity index (χ0n) is 16.6. The Kier molecular flexibility index (Phi) is 7.33. The first-order chi connectivity index (χ1) is 14.4.